The second kappa shape index (κ2) is 5.67. The van der Waals surface area contributed by atoms with Crippen molar-refractivity contribution >= 4 is 0 Å². The van der Waals surface area contributed by atoms with E-state index in [0.717, 1.165) is 12.1 Å². The van der Waals surface area contributed by atoms with E-state index in [4.69, 9.17) is 5.26 Å². The van der Waals surface area contributed by atoms with Gasteiger partial charge in [0.2, 0.25) is 0 Å². The molecule has 2 heteroatoms. The monoisotopic (exact) mass is 214 g/mol. The summed E-state index contributed by atoms with van der Waals surface area (Å²) in [6.45, 7) is 0.889. The topological polar surface area (TPSA) is 35.8 Å². The summed E-state index contributed by atoms with van der Waals surface area (Å²) in [5.74, 6) is 0. The summed E-state index contributed by atoms with van der Waals surface area (Å²) in [6.07, 6.45) is 6.71. The zero-order chi connectivity index (χ0) is 11.2. The van der Waals surface area contributed by atoms with E-state index < -0.39 is 0 Å². The zero-order valence-corrected chi connectivity index (χ0v) is 9.58. The van der Waals surface area contributed by atoms with Crippen LogP contribution in [0.5, 0.6) is 0 Å². The SMILES string of the molecule is N#Cc1cccc(CNC2CCCCC2)c1. The summed E-state index contributed by atoms with van der Waals surface area (Å²) in [5, 5.41) is 12.4. The summed E-state index contributed by atoms with van der Waals surface area (Å²) < 4.78 is 0. The van der Waals surface area contributed by atoms with Crippen LogP contribution in [0.3, 0.4) is 0 Å². The highest BCUT2D eigenvalue weighted by molar-refractivity contribution is 5.32. The Morgan fingerprint density at radius 3 is 2.81 bits per heavy atom. The van der Waals surface area contributed by atoms with Crippen LogP contribution in [0.1, 0.15) is 43.2 Å². The summed E-state index contributed by atoms with van der Waals surface area (Å²) in [6, 6.07) is 10.7. The molecule has 0 saturated heterocycles. The van der Waals surface area contributed by atoms with Crippen LogP contribution < -0.4 is 5.32 Å². The van der Waals surface area contributed by atoms with Crippen molar-refractivity contribution in [3.63, 3.8) is 0 Å². The van der Waals surface area contributed by atoms with Crippen molar-refractivity contribution in [3.05, 3.63) is 35.4 Å². The summed E-state index contributed by atoms with van der Waals surface area (Å²) in [7, 11) is 0. The van der Waals surface area contributed by atoms with Gasteiger partial charge in [-0.1, -0.05) is 31.4 Å². The van der Waals surface area contributed by atoms with Crippen molar-refractivity contribution in [2.24, 2.45) is 0 Å². The lowest BCUT2D eigenvalue weighted by atomic mass is 9.95. The van der Waals surface area contributed by atoms with Crippen molar-refractivity contribution in [3.8, 4) is 6.07 Å². The number of nitrogens with one attached hydrogen (secondary N) is 1. The van der Waals surface area contributed by atoms with Gasteiger partial charge in [-0.2, -0.15) is 5.26 Å². The molecule has 0 atom stereocenters. The summed E-state index contributed by atoms with van der Waals surface area (Å²) >= 11 is 0. The molecule has 1 aliphatic carbocycles. The summed E-state index contributed by atoms with van der Waals surface area (Å²) in [4.78, 5) is 0. The van der Waals surface area contributed by atoms with E-state index >= 15 is 0 Å². The normalized spacial score (nSPS) is 16.9. The fourth-order valence-corrected chi connectivity index (χ4v) is 2.32. The fourth-order valence-electron chi connectivity index (χ4n) is 2.32. The number of hydrogen-bond donors (Lipinski definition) is 1. The Kier molecular flexibility index (Phi) is 3.96. The molecular weight excluding hydrogens is 196 g/mol. The van der Waals surface area contributed by atoms with E-state index in [-0.39, 0.29) is 0 Å². The van der Waals surface area contributed by atoms with Crippen molar-refractivity contribution in [1.82, 2.24) is 5.32 Å². The van der Waals surface area contributed by atoms with Gasteiger partial charge in [0.1, 0.15) is 0 Å². The minimum Gasteiger partial charge on any atom is -0.310 e. The number of rotatable bonds is 3. The average Bonchev–Trinajstić information content (AvgIpc) is 2.38. The van der Waals surface area contributed by atoms with Crippen LogP contribution in [0.15, 0.2) is 24.3 Å². The predicted octanol–water partition coefficient (Wildman–Crippen LogP) is 2.98. The third kappa shape index (κ3) is 3.08. The molecule has 0 amide bonds. The molecule has 16 heavy (non-hydrogen) atoms. The van der Waals surface area contributed by atoms with Crippen LogP contribution in [0.25, 0.3) is 0 Å². The lowest BCUT2D eigenvalue weighted by molar-refractivity contribution is 0.372. The highest BCUT2D eigenvalue weighted by Crippen LogP contribution is 2.17. The van der Waals surface area contributed by atoms with Crippen LogP contribution in [0, 0.1) is 11.3 Å². The Labute approximate surface area is 97.3 Å². The first-order valence-corrected chi connectivity index (χ1v) is 6.11. The maximum atomic E-state index is 8.81. The van der Waals surface area contributed by atoms with Crippen molar-refractivity contribution in [2.45, 2.75) is 44.7 Å². The molecule has 1 aliphatic rings. The molecule has 0 heterocycles. The Morgan fingerprint density at radius 1 is 1.25 bits per heavy atom. The first-order chi connectivity index (χ1) is 7.88. The Hall–Kier alpha value is -1.33. The molecule has 2 nitrogen and oxygen atoms in total. The summed E-state index contributed by atoms with van der Waals surface area (Å²) in [5.41, 5.74) is 1.97. The van der Waals surface area contributed by atoms with E-state index in [2.05, 4.69) is 17.5 Å². The van der Waals surface area contributed by atoms with E-state index in [1.54, 1.807) is 0 Å². The highest BCUT2D eigenvalue weighted by Gasteiger charge is 2.12. The molecule has 84 valence electrons. The molecule has 0 spiro atoms. The number of benzene rings is 1. The van der Waals surface area contributed by atoms with Crippen LogP contribution in [-0.2, 0) is 6.54 Å². The van der Waals surface area contributed by atoms with Gasteiger partial charge in [0.25, 0.3) is 0 Å². The second-order valence-electron chi connectivity index (χ2n) is 4.53. The smallest absolute Gasteiger partial charge is 0.0991 e. The van der Waals surface area contributed by atoms with Crippen LogP contribution in [0.4, 0.5) is 0 Å². The molecule has 1 N–H and O–H groups in total. The van der Waals surface area contributed by atoms with Gasteiger partial charge in [-0.15, -0.1) is 0 Å². The number of hydrogen-bond acceptors (Lipinski definition) is 2. The van der Waals surface area contributed by atoms with Gasteiger partial charge < -0.3 is 5.32 Å². The van der Waals surface area contributed by atoms with E-state index in [1.165, 1.54) is 37.7 Å². The fraction of sp³-hybridized carbons (Fsp3) is 0.500. The lowest BCUT2D eigenvalue weighted by Crippen LogP contribution is -2.30. The molecule has 0 aromatic heterocycles. The van der Waals surface area contributed by atoms with E-state index in [9.17, 15) is 0 Å². The quantitative estimate of drug-likeness (QED) is 0.839. The molecule has 0 aliphatic heterocycles. The van der Waals surface area contributed by atoms with Crippen molar-refractivity contribution in [1.29, 1.82) is 5.26 Å². The molecule has 1 aromatic rings. The van der Waals surface area contributed by atoms with Gasteiger partial charge in [-0.05, 0) is 30.5 Å². The van der Waals surface area contributed by atoms with Crippen molar-refractivity contribution in [2.75, 3.05) is 0 Å². The van der Waals surface area contributed by atoms with E-state index in [1.807, 2.05) is 18.2 Å². The van der Waals surface area contributed by atoms with Gasteiger partial charge in [0.15, 0.2) is 0 Å². The lowest BCUT2D eigenvalue weighted by Gasteiger charge is -2.22. The van der Waals surface area contributed by atoms with Crippen LogP contribution >= 0.6 is 0 Å². The van der Waals surface area contributed by atoms with Gasteiger partial charge in [0.05, 0.1) is 11.6 Å². The van der Waals surface area contributed by atoms with Gasteiger partial charge in [-0.3, -0.25) is 0 Å². The predicted molar refractivity (Wildman–Crippen MR) is 64.9 cm³/mol. The highest BCUT2D eigenvalue weighted by atomic mass is 14.9. The third-order valence-corrected chi connectivity index (χ3v) is 3.26. The van der Waals surface area contributed by atoms with Gasteiger partial charge >= 0.3 is 0 Å². The van der Waals surface area contributed by atoms with Gasteiger partial charge in [0, 0.05) is 12.6 Å². The first-order valence-electron chi connectivity index (χ1n) is 6.11. The minimum atomic E-state index is 0.680. The Bertz CT molecular complexity index is 373. The van der Waals surface area contributed by atoms with E-state index in [0.29, 0.717) is 6.04 Å². The first kappa shape index (κ1) is 11.2. The molecular formula is C14H18N2. The van der Waals surface area contributed by atoms with Crippen LogP contribution in [-0.4, -0.2) is 6.04 Å². The zero-order valence-electron chi connectivity index (χ0n) is 9.58. The van der Waals surface area contributed by atoms with Crippen molar-refractivity contribution < 1.29 is 0 Å². The average molecular weight is 214 g/mol. The standard InChI is InChI=1S/C14H18N2/c15-10-12-5-4-6-13(9-12)11-16-14-7-2-1-3-8-14/h4-6,9,14,16H,1-3,7-8,11H2. The molecule has 0 unspecified atom stereocenters. The minimum absolute atomic E-state index is 0.680. The molecule has 2 rings (SSSR count). The van der Waals surface area contributed by atoms with Crippen LogP contribution in [0.2, 0.25) is 0 Å². The molecule has 1 fully saturated rings. The maximum absolute atomic E-state index is 8.81. The largest absolute Gasteiger partial charge is 0.310 e. The number of nitriles is 1. The molecule has 0 bridgehead atoms. The van der Waals surface area contributed by atoms with Gasteiger partial charge in [-0.25, -0.2) is 0 Å². The maximum Gasteiger partial charge on any atom is 0.0991 e. The second-order valence-corrected chi connectivity index (χ2v) is 4.53. The Morgan fingerprint density at radius 2 is 2.06 bits per heavy atom. The number of nitrogens with zero attached hydrogens (tertiary/aromatic N) is 1. The third-order valence-electron chi connectivity index (χ3n) is 3.26. The Balaban J connectivity index is 1.86. The molecule has 1 aromatic carbocycles. The molecule has 1 saturated carbocycles. The molecule has 0 radical (unpaired) electrons.